The number of nitrogens with zero attached hydrogens (tertiary/aromatic N) is 2. The van der Waals surface area contributed by atoms with E-state index in [1.54, 1.807) is 4.68 Å². The van der Waals surface area contributed by atoms with Crippen LogP contribution in [-0.2, 0) is 11.4 Å². The Labute approximate surface area is 203 Å². The van der Waals surface area contributed by atoms with E-state index in [2.05, 4.69) is 26.3 Å². The third-order valence-corrected chi connectivity index (χ3v) is 6.27. The molecule has 7 nitrogen and oxygen atoms in total. The van der Waals surface area contributed by atoms with Crippen molar-refractivity contribution in [2.75, 3.05) is 18.5 Å². The summed E-state index contributed by atoms with van der Waals surface area (Å²) in [5.74, 6) is 2.00. The maximum absolute atomic E-state index is 12.7. The molecule has 0 bridgehead atoms. The van der Waals surface area contributed by atoms with Crippen molar-refractivity contribution >= 4 is 27.5 Å². The van der Waals surface area contributed by atoms with Crippen molar-refractivity contribution in [3.63, 3.8) is 0 Å². The van der Waals surface area contributed by atoms with Gasteiger partial charge in [-0.05, 0) is 92.5 Å². The molecule has 0 spiro atoms. The Hall–Kier alpha value is -3.00. The topological polar surface area (TPSA) is 74.6 Å². The highest BCUT2D eigenvalue weighted by Crippen LogP contribution is 2.29. The Kier molecular flexibility index (Phi) is 8.38. The normalized spacial score (nSPS) is 11.7. The molecule has 0 aliphatic rings. The fourth-order valence-corrected chi connectivity index (χ4v) is 3.63. The second-order valence-corrected chi connectivity index (χ2v) is 8.35. The molecule has 0 aliphatic heterocycles. The summed E-state index contributed by atoms with van der Waals surface area (Å²) in [7, 11) is 0. The van der Waals surface area contributed by atoms with Crippen LogP contribution in [0.15, 0.2) is 46.9 Å². The smallest absolute Gasteiger partial charge is 0.248 e. The van der Waals surface area contributed by atoms with Crippen molar-refractivity contribution in [2.24, 2.45) is 0 Å². The largest absolute Gasteiger partial charge is 0.490 e. The molecule has 3 rings (SSSR count). The van der Waals surface area contributed by atoms with Gasteiger partial charge in [0.2, 0.25) is 5.91 Å². The minimum atomic E-state index is -0.440. The first-order chi connectivity index (χ1) is 15.8. The highest BCUT2D eigenvalue weighted by molar-refractivity contribution is 9.10. The summed E-state index contributed by atoms with van der Waals surface area (Å²) in [5.41, 5.74) is 3.44. The average molecular weight is 516 g/mol. The van der Waals surface area contributed by atoms with Crippen LogP contribution in [0.5, 0.6) is 17.2 Å². The third-order valence-electron chi connectivity index (χ3n) is 5.12. The van der Waals surface area contributed by atoms with Gasteiger partial charge in [-0.15, -0.1) is 0 Å². The van der Waals surface area contributed by atoms with Crippen molar-refractivity contribution in [3.05, 3.63) is 63.9 Å². The zero-order valence-electron chi connectivity index (χ0n) is 19.6. The van der Waals surface area contributed by atoms with Crippen molar-refractivity contribution in [1.82, 2.24) is 9.78 Å². The van der Waals surface area contributed by atoms with Crippen molar-refractivity contribution in [2.45, 2.75) is 47.3 Å². The SMILES string of the molecule is CCOc1ccc(COc2ccc(NC(=O)C(C)n3nc(C)c(Br)c3C)cc2)cc1OCC. The Morgan fingerprint density at radius 1 is 1.03 bits per heavy atom. The van der Waals surface area contributed by atoms with Gasteiger partial charge in [-0.3, -0.25) is 9.48 Å². The molecular formula is C25H30BrN3O4. The first-order valence-corrected chi connectivity index (χ1v) is 11.8. The molecule has 2 aromatic carbocycles. The predicted octanol–water partition coefficient (Wildman–Crippen LogP) is 5.84. The van der Waals surface area contributed by atoms with Gasteiger partial charge in [0.1, 0.15) is 18.4 Å². The van der Waals surface area contributed by atoms with Crippen molar-refractivity contribution in [1.29, 1.82) is 0 Å². The minimum Gasteiger partial charge on any atom is -0.490 e. The molecule has 8 heteroatoms. The van der Waals surface area contributed by atoms with Crippen LogP contribution in [0.4, 0.5) is 5.69 Å². The van der Waals surface area contributed by atoms with E-state index in [1.165, 1.54) is 0 Å². The van der Waals surface area contributed by atoms with E-state index in [1.807, 2.05) is 77.1 Å². The van der Waals surface area contributed by atoms with Gasteiger partial charge in [0.05, 0.1) is 29.1 Å². The lowest BCUT2D eigenvalue weighted by Crippen LogP contribution is -2.25. The molecule has 1 heterocycles. The fraction of sp³-hybridized carbons (Fsp3) is 0.360. The number of ether oxygens (including phenoxy) is 3. The van der Waals surface area contributed by atoms with Crippen LogP contribution >= 0.6 is 15.9 Å². The van der Waals surface area contributed by atoms with E-state index in [-0.39, 0.29) is 5.91 Å². The summed E-state index contributed by atoms with van der Waals surface area (Å²) in [6.45, 7) is 11.1. The van der Waals surface area contributed by atoms with Gasteiger partial charge in [-0.25, -0.2) is 0 Å². The van der Waals surface area contributed by atoms with Crippen LogP contribution in [0, 0.1) is 13.8 Å². The molecule has 3 aromatic rings. The Balaban J connectivity index is 1.59. The molecule has 1 aromatic heterocycles. The average Bonchev–Trinajstić information content (AvgIpc) is 3.07. The van der Waals surface area contributed by atoms with Gasteiger partial charge in [0.25, 0.3) is 0 Å². The van der Waals surface area contributed by atoms with Crippen LogP contribution in [0.2, 0.25) is 0 Å². The summed E-state index contributed by atoms with van der Waals surface area (Å²) in [6.07, 6.45) is 0. The van der Waals surface area contributed by atoms with Crippen LogP contribution in [-0.4, -0.2) is 28.9 Å². The third kappa shape index (κ3) is 6.07. The number of aromatic nitrogens is 2. The second kappa shape index (κ2) is 11.2. The predicted molar refractivity (Wildman–Crippen MR) is 132 cm³/mol. The first kappa shape index (κ1) is 24.6. The summed E-state index contributed by atoms with van der Waals surface area (Å²) < 4.78 is 19.8. The van der Waals surface area contributed by atoms with Crippen LogP contribution < -0.4 is 19.5 Å². The lowest BCUT2D eigenvalue weighted by molar-refractivity contribution is -0.119. The number of hydrogen-bond acceptors (Lipinski definition) is 5. The number of rotatable bonds is 10. The molecular weight excluding hydrogens is 486 g/mol. The van der Waals surface area contributed by atoms with Crippen LogP contribution in [0.1, 0.15) is 43.8 Å². The lowest BCUT2D eigenvalue weighted by Gasteiger charge is -2.15. The monoisotopic (exact) mass is 515 g/mol. The van der Waals surface area contributed by atoms with E-state index in [0.29, 0.717) is 37.0 Å². The van der Waals surface area contributed by atoms with Crippen LogP contribution in [0.3, 0.4) is 0 Å². The number of halogens is 1. The molecule has 0 saturated carbocycles. The summed E-state index contributed by atoms with van der Waals surface area (Å²) >= 11 is 3.50. The molecule has 0 saturated heterocycles. The standard InChI is InChI=1S/C25H30BrN3O4/c1-6-31-22-13-8-19(14-23(22)32-7-2)15-33-21-11-9-20(10-12-21)27-25(30)18(5)29-17(4)24(26)16(3)28-29/h8-14,18H,6-7,15H2,1-5H3,(H,27,30). The zero-order valence-corrected chi connectivity index (χ0v) is 21.2. The number of benzene rings is 2. The van der Waals surface area contributed by atoms with Crippen molar-refractivity contribution in [3.8, 4) is 17.2 Å². The zero-order chi connectivity index (χ0) is 24.0. The highest BCUT2D eigenvalue weighted by atomic mass is 79.9. The van der Waals surface area contributed by atoms with Gasteiger partial charge in [-0.2, -0.15) is 5.10 Å². The van der Waals surface area contributed by atoms with E-state index < -0.39 is 6.04 Å². The van der Waals surface area contributed by atoms with E-state index in [9.17, 15) is 4.79 Å². The molecule has 1 atom stereocenters. The molecule has 0 aliphatic carbocycles. The van der Waals surface area contributed by atoms with E-state index in [0.717, 1.165) is 27.2 Å². The molecule has 0 fully saturated rings. The number of carbonyl (C=O) groups is 1. The number of amides is 1. The van der Waals surface area contributed by atoms with Gasteiger partial charge in [0.15, 0.2) is 11.5 Å². The maximum atomic E-state index is 12.7. The number of hydrogen-bond donors (Lipinski definition) is 1. The summed E-state index contributed by atoms with van der Waals surface area (Å²) in [6, 6.07) is 12.7. The van der Waals surface area contributed by atoms with E-state index in [4.69, 9.17) is 14.2 Å². The Morgan fingerprint density at radius 3 is 2.30 bits per heavy atom. The first-order valence-electron chi connectivity index (χ1n) is 11.0. The molecule has 0 radical (unpaired) electrons. The van der Waals surface area contributed by atoms with Crippen LogP contribution in [0.25, 0.3) is 0 Å². The van der Waals surface area contributed by atoms with Gasteiger partial charge in [0, 0.05) is 5.69 Å². The van der Waals surface area contributed by atoms with Gasteiger partial charge in [-0.1, -0.05) is 6.07 Å². The minimum absolute atomic E-state index is 0.139. The fourth-order valence-electron chi connectivity index (χ4n) is 3.36. The number of anilines is 1. The molecule has 1 N–H and O–H groups in total. The summed E-state index contributed by atoms with van der Waals surface area (Å²) in [4.78, 5) is 12.7. The quantitative estimate of drug-likeness (QED) is 0.367. The molecule has 1 unspecified atom stereocenters. The number of carbonyl (C=O) groups excluding carboxylic acids is 1. The number of nitrogens with one attached hydrogen (secondary N) is 1. The second-order valence-electron chi connectivity index (χ2n) is 7.55. The van der Waals surface area contributed by atoms with Crippen molar-refractivity contribution < 1.29 is 19.0 Å². The van der Waals surface area contributed by atoms with Gasteiger partial charge >= 0.3 is 0 Å². The molecule has 1 amide bonds. The molecule has 33 heavy (non-hydrogen) atoms. The maximum Gasteiger partial charge on any atom is 0.248 e. The lowest BCUT2D eigenvalue weighted by atomic mass is 10.2. The van der Waals surface area contributed by atoms with E-state index >= 15 is 0 Å². The highest BCUT2D eigenvalue weighted by Gasteiger charge is 2.20. The summed E-state index contributed by atoms with van der Waals surface area (Å²) in [5, 5.41) is 7.38. The Morgan fingerprint density at radius 2 is 1.70 bits per heavy atom. The van der Waals surface area contributed by atoms with Gasteiger partial charge < -0.3 is 19.5 Å². The molecule has 176 valence electrons. The Bertz CT molecular complexity index is 1100. The number of aryl methyl sites for hydroxylation is 1.